The van der Waals surface area contributed by atoms with Crippen LogP contribution in [0.5, 0.6) is 0 Å². The molecule has 0 amide bonds. The largest absolute Gasteiger partial charge is 0.409 e. The Kier molecular flexibility index (Phi) is 5.06. The van der Waals surface area contributed by atoms with Crippen LogP contribution in [-0.4, -0.2) is 41.3 Å². The molecular weight excluding hydrogens is 259 g/mol. The van der Waals surface area contributed by atoms with Crippen molar-refractivity contribution < 1.29 is 18.4 Å². The number of nitrogens with zero attached hydrogens (tertiary/aromatic N) is 2. The predicted molar refractivity (Wildman–Crippen MR) is 66.9 cm³/mol. The van der Waals surface area contributed by atoms with E-state index in [1.54, 1.807) is 4.90 Å². The zero-order valence-electron chi connectivity index (χ0n) is 11.5. The van der Waals surface area contributed by atoms with Crippen molar-refractivity contribution in [3.63, 3.8) is 0 Å². The lowest BCUT2D eigenvalue weighted by molar-refractivity contribution is -0.163. The molecule has 3 N–H and O–H groups in total. The second kappa shape index (κ2) is 5.98. The first-order chi connectivity index (χ1) is 8.66. The standard InChI is InChI=1S/C12H22F3N3O/c1-7-4-8(2)9(3)18(5-7)6-10(11(16)17-19)12(13,14)15/h7-10,19H,4-6H2,1-3H3,(H2,16,17). The van der Waals surface area contributed by atoms with E-state index >= 15 is 0 Å². The number of nitrogens with two attached hydrogens (primary N) is 1. The molecule has 112 valence electrons. The van der Waals surface area contributed by atoms with Crippen molar-refractivity contribution in [2.45, 2.75) is 39.4 Å². The van der Waals surface area contributed by atoms with Crippen LogP contribution < -0.4 is 5.73 Å². The van der Waals surface area contributed by atoms with E-state index in [2.05, 4.69) is 5.16 Å². The Balaban J connectivity index is 2.84. The quantitative estimate of drug-likeness (QED) is 0.361. The first-order valence-electron chi connectivity index (χ1n) is 6.45. The van der Waals surface area contributed by atoms with Gasteiger partial charge in [0.15, 0.2) is 5.84 Å². The number of rotatable bonds is 3. The highest BCUT2D eigenvalue weighted by Crippen LogP contribution is 2.32. The average Bonchev–Trinajstić information content (AvgIpc) is 2.29. The highest BCUT2D eigenvalue weighted by atomic mass is 19.4. The van der Waals surface area contributed by atoms with Crippen molar-refractivity contribution in [3.05, 3.63) is 0 Å². The molecule has 7 heteroatoms. The lowest BCUT2D eigenvalue weighted by atomic mass is 9.85. The van der Waals surface area contributed by atoms with Gasteiger partial charge in [0.1, 0.15) is 5.92 Å². The molecular formula is C12H22F3N3O. The van der Waals surface area contributed by atoms with Crippen molar-refractivity contribution in [2.75, 3.05) is 13.1 Å². The molecule has 1 heterocycles. The molecule has 0 spiro atoms. The Bertz CT molecular complexity index is 333. The van der Waals surface area contributed by atoms with Crippen LogP contribution in [0.25, 0.3) is 0 Å². The van der Waals surface area contributed by atoms with E-state index in [0.29, 0.717) is 18.4 Å². The average molecular weight is 281 g/mol. The summed E-state index contributed by atoms with van der Waals surface area (Å²) in [6.07, 6.45) is -3.49. The van der Waals surface area contributed by atoms with E-state index in [4.69, 9.17) is 10.9 Å². The van der Waals surface area contributed by atoms with Crippen LogP contribution in [0.2, 0.25) is 0 Å². The third kappa shape index (κ3) is 3.99. The van der Waals surface area contributed by atoms with Crippen LogP contribution in [0.15, 0.2) is 5.16 Å². The van der Waals surface area contributed by atoms with Gasteiger partial charge in [-0.2, -0.15) is 13.2 Å². The third-order valence-electron chi connectivity index (χ3n) is 4.00. The number of hydrogen-bond acceptors (Lipinski definition) is 3. The van der Waals surface area contributed by atoms with Gasteiger partial charge in [-0.3, -0.25) is 4.90 Å². The molecule has 0 aliphatic carbocycles. The Hall–Kier alpha value is -0.980. The fourth-order valence-corrected chi connectivity index (χ4v) is 2.74. The molecule has 4 unspecified atom stereocenters. The molecule has 1 saturated heterocycles. The van der Waals surface area contributed by atoms with Crippen molar-refractivity contribution in [2.24, 2.45) is 28.6 Å². The number of oxime groups is 1. The van der Waals surface area contributed by atoms with Gasteiger partial charge < -0.3 is 10.9 Å². The third-order valence-corrected chi connectivity index (χ3v) is 4.00. The molecule has 0 aromatic carbocycles. The normalized spacial score (nSPS) is 32.3. The second-order valence-corrected chi connectivity index (χ2v) is 5.63. The summed E-state index contributed by atoms with van der Waals surface area (Å²) in [5.74, 6) is -2.00. The monoisotopic (exact) mass is 281 g/mol. The molecule has 0 aromatic heterocycles. The van der Waals surface area contributed by atoms with Crippen LogP contribution in [0.3, 0.4) is 0 Å². The molecule has 0 radical (unpaired) electrons. The van der Waals surface area contributed by atoms with E-state index in [-0.39, 0.29) is 12.6 Å². The van der Waals surface area contributed by atoms with Gasteiger partial charge in [-0.25, -0.2) is 0 Å². The minimum atomic E-state index is -4.50. The summed E-state index contributed by atoms with van der Waals surface area (Å²) in [5, 5.41) is 11.0. The van der Waals surface area contributed by atoms with Gasteiger partial charge in [0.05, 0.1) is 0 Å². The Morgan fingerprint density at radius 3 is 2.47 bits per heavy atom. The minimum absolute atomic E-state index is 0.0625. The SMILES string of the molecule is CC1CC(C)C(C)N(CC(C(N)=NO)C(F)(F)F)C1. The van der Waals surface area contributed by atoms with Crippen LogP contribution >= 0.6 is 0 Å². The van der Waals surface area contributed by atoms with E-state index in [1.165, 1.54) is 0 Å². The fraction of sp³-hybridized carbons (Fsp3) is 0.917. The summed E-state index contributed by atoms with van der Waals surface area (Å²) in [5.41, 5.74) is 5.19. The van der Waals surface area contributed by atoms with E-state index in [9.17, 15) is 13.2 Å². The minimum Gasteiger partial charge on any atom is -0.409 e. The summed E-state index contributed by atoms with van der Waals surface area (Å²) in [7, 11) is 0. The summed E-state index contributed by atoms with van der Waals surface area (Å²) in [4.78, 5) is 1.79. The Morgan fingerprint density at radius 1 is 1.42 bits per heavy atom. The first-order valence-corrected chi connectivity index (χ1v) is 6.45. The molecule has 0 saturated carbocycles. The first kappa shape index (κ1) is 16.1. The zero-order chi connectivity index (χ0) is 14.8. The van der Waals surface area contributed by atoms with Gasteiger partial charge in [-0.1, -0.05) is 19.0 Å². The number of likely N-dealkylation sites (tertiary alicyclic amines) is 1. The van der Waals surface area contributed by atoms with Crippen LogP contribution in [-0.2, 0) is 0 Å². The van der Waals surface area contributed by atoms with Crippen LogP contribution in [0.4, 0.5) is 13.2 Å². The van der Waals surface area contributed by atoms with Gasteiger partial charge in [0.25, 0.3) is 0 Å². The van der Waals surface area contributed by atoms with Crippen LogP contribution in [0, 0.1) is 17.8 Å². The maximum absolute atomic E-state index is 12.9. The molecule has 1 rings (SSSR count). The highest BCUT2D eigenvalue weighted by molar-refractivity contribution is 5.83. The van der Waals surface area contributed by atoms with Crippen LogP contribution in [0.1, 0.15) is 27.2 Å². The van der Waals surface area contributed by atoms with E-state index < -0.39 is 17.9 Å². The number of piperidine rings is 1. The Morgan fingerprint density at radius 2 is 2.00 bits per heavy atom. The fourth-order valence-electron chi connectivity index (χ4n) is 2.74. The Labute approximate surface area is 111 Å². The lowest BCUT2D eigenvalue weighted by Crippen LogP contribution is -2.52. The number of halogens is 3. The number of amidine groups is 1. The summed E-state index contributed by atoms with van der Waals surface area (Å²) in [6, 6.07) is 0.0625. The van der Waals surface area contributed by atoms with Gasteiger partial charge in [-0.15, -0.1) is 0 Å². The molecule has 1 fully saturated rings. The molecule has 1 aliphatic heterocycles. The van der Waals surface area contributed by atoms with Gasteiger partial charge in [0.2, 0.25) is 0 Å². The molecule has 19 heavy (non-hydrogen) atoms. The van der Waals surface area contributed by atoms with E-state index in [0.717, 1.165) is 6.42 Å². The number of hydrogen-bond donors (Lipinski definition) is 2. The van der Waals surface area contributed by atoms with Gasteiger partial charge in [-0.05, 0) is 25.2 Å². The molecule has 4 atom stereocenters. The predicted octanol–water partition coefficient (Wildman–Crippen LogP) is 2.28. The van der Waals surface area contributed by atoms with Gasteiger partial charge >= 0.3 is 6.18 Å². The lowest BCUT2D eigenvalue weighted by Gasteiger charge is -2.42. The smallest absolute Gasteiger partial charge is 0.400 e. The van der Waals surface area contributed by atoms with E-state index in [1.807, 2.05) is 20.8 Å². The second-order valence-electron chi connectivity index (χ2n) is 5.63. The highest BCUT2D eigenvalue weighted by Gasteiger charge is 2.45. The number of alkyl halides is 3. The van der Waals surface area contributed by atoms with Crippen molar-refractivity contribution >= 4 is 5.84 Å². The molecule has 0 bridgehead atoms. The summed E-state index contributed by atoms with van der Waals surface area (Å²) >= 11 is 0. The van der Waals surface area contributed by atoms with Crippen molar-refractivity contribution in [1.29, 1.82) is 0 Å². The van der Waals surface area contributed by atoms with Gasteiger partial charge in [0, 0.05) is 19.1 Å². The molecule has 4 nitrogen and oxygen atoms in total. The van der Waals surface area contributed by atoms with Crippen molar-refractivity contribution in [3.8, 4) is 0 Å². The summed E-state index contributed by atoms with van der Waals surface area (Å²) in [6.45, 7) is 6.35. The maximum atomic E-state index is 12.9. The maximum Gasteiger partial charge on any atom is 0.400 e. The van der Waals surface area contributed by atoms with Crippen molar-refractivity contribution in [1.82, 2.24) is 4.90 Å². The summed E-state index contributed by atoms with van der Waals surface area (Å²) < 4.78 is 38.8. The molecule has 0 aromatic rings. The topological polar surface area (TPSA) is 61.8 Å². The molecule has 1 aliphatic rings. The zero-order valence-corrected chi connectivity index (χ0v) is 11.5.